The first-order valence-electron chi connectivity index (χ1n) is 8.34. The number of unbranched alkanes of at least 4 members (excludes halogenated alkanes) is 6. The van der Waals surface area contributed by atoms with Crippen LogP contribution in [-0.2, 0) is 0 Å². The van der Waals surface area contributed by atoms with Crippen LogP contribution in [0.3, 0.4) is 0 Å². The van der Waals surface area contributed by atoms with Gasteiger partial charge < -0.3 is 5.11 Å². The number of aliphatic hydroxyl groups is 1. The lowest BCUT2D eigenvalue weighted by molar-refractivity contribution is 0.164. The first-order valence-corrected chi connectivity index (χ1v) is 8.34. The van der Waals surface area contributed by atoms with Gasteiger partial charge in [-0.2, -0.15) is 0 Å². The Morgan fingerprint density at radius 2 is 1.67 bits per heavy atom. The summed E-state index contributed by atoms with van der Waals surface area (Å²) in [5.41, 5.74) is 1.91. The molecule has 1 atom stereocenters. The van der Waals surface area contributed by atoms with Gasteiger partial charge in [0.25, 0.3) is 0 Å². The highest BCUT2D eigenvalue weighted by Gasteiger charge is 2.11. The van der Waals surface area contributed by atoms with Crippen LogP contribution >= 0.6 is 0 Å². The summed E-state index contributed by atoms with van der Waals surface area (Å²) < 4.78 is 0. The van der Waals surface area contributed by atoms with Crippen molar-refractivity contribution in [2.24, 2.45) is 0 Å². The summed E-state index contributed by atoms with van der Waals surface area (Å²) in [7, 11) is 0. The molecule has 0 aliphatic rings. The van der Waals surface area contributed by atoms with Gasteiger partial charge in [0.2, 0.25) is 0 Å². The zero-order chi connectivity index (χ0) is 14.9. The molecule has 0 bridgehead atoms. The summed E-state index contributed by atoms with van der Waals surface area (Å²) in [6.45, 7) is 2.24. The molecule has 0 radical (unpaired) electrons. The van der Waals surface area contributed by atoms with E-state index in [2.05, 4.69) is 11.9 Å². The summed E-state index contributed by atoms with van der Waals surface area (Å²) in [5.74, 6) is 0. The van der Waals surface area contributed by atoms with Crippen LogP contribution in [0.15, 0.2) is 36.5 Å². The van der Waals surface area contributed by atoms with Crippen LogP contribution in [0.25, 0.3) is 10.9 Å². The maximum Gasteiger partial charge on any atom is 0.0811 e. The summed E-state index contributed by atoms with van der Waals surface area (Å²) >= 11 is 0. The highest BCUT2D eigenvalue weighted by atomic mass is 16.3. The molecular weight excluding hydrogens is 258 g/mol. The van der Waals surface area contributed by atoms with Gasteiger partial charge in [0.05, 0.1) is 11.6 Å². The van der Waals surface area contributed by atoms with Crippen LogP contribution in [-0.4, -0.2) is 10.1 Å². The second kappa shape index (κ2) is 8.78. The third kappa shape index (κ3) is 4.82. The first-order chi connectivity index (χ1) is 10.3. The van der Waals surface area contributed by atoms with Crippen LogP contribution < -0.4 is 0 Å². The van der Waals surface area contributed by atoms with E-state index in [1.165, 1.54) is 38.5 Å². The average molecular weight is 285 g/mol. The third-order valence-electron chi connectivity index (χ3n) is 4.10. The SMILES string of the molecule is CCCCCCCCCC(O)c1cccc2cccnc12. The summed E-state index contributed by atoms with van der Waals surface area (Å²) in [5, 5.41) is 11.5. The largest absolute Gasteiger partial charge is 0.388 e. The molecule has 2 rings (SSSR count). The maximum absolute atomic E-state index is 10.4. The number of aliphatic hydroxyl groups excluding tert-OH is 1. The minimum absolute atomic E-state index is 0.390. The Balaban J connectivity index is 1.81. The lowest BCUT2D eigenvalue weighted by Gasteiger charge is -2.13. The monoisotopic (exact) mass is 285 g/mol. The Bertz CT molecular complexity index is 533. The lowest BCUT2D eigenvalue weighted by Crippen LogP contribution is -1.99. The molecule has 1 aromatic carbocycles. The molecular formula is C19H27NO. The molecule has 0 fully saturated rings. The summed E-state index contributed by atoms with van der Waals surface area (Å²) in [4.78, 5) is 4.42. The Kier molecular flexibility index (Phi) is 6.68. The van der Waals surface area contributed by atoms with E-state index in [4.69, 9.17) is 0 Å². The van der Waals surface area contributed by atoms with Gasteiger partial charge in [0.1, 0.15) is 0 Å². The predicted octanol–water partition coefficient (Wildman–Crippen LogP) is 5.41. The van der Waals surface area contributed by atoms with Crippen molar-refractivity contribution in [3.63, 3.8) is 0 Å². The highest BCUT2D eigenvalue weighted by molar-refractivity contribution is 5.81. The summed E-state index contributed by atoms with van der Waals surface area (Å²) in [6, 6.07) is 10.0. The minimum Gasteiger partial charge on any atom is -0.388 e. The zero-order valence-electron chi connectivity index (χ0n) is 13.1. The molecule has 2 aromatic rings. The maximum atomic E-state index is 10.4. The number of pyridine rings is 1. The number of nitrogens with zero attached hydrogens (tertiary/aromatic N) is 1. The van der Waals surface area contributed by atoms with Crippen molar-refractivity contribution in [3.05, 3.63) is 42.1 Å². The molecule has 21 heavy (non-hydrogen) atoms. The van der Waals surface area contributed by atoms with Gasteiger partial charge >= 0.3 is 0 Å². The quantitative estimate of drug-likeness (QED) is 0.625. The number of aromatic nitrogens is 1. The molecule has 0 aliphatic carbocycles. The van der Waals surface area contributed by atoms with Crippen LogP contribution in [0, 0.1) is 0 Å². The second-order valence-corrected chi connectivity index (χ2v) is 5.85. The number of para-hydroxylation sites is 1. The molecule has 2 nitrogen and oxygen atoms in total. The Hall–Kier alpha value is -1.41. The van der Waals surface area contributed by atoms with Gasteiger partial charge in [-0.05, 0) is 12.5 Å². The van der Waals surface area contributed by atoms with Crippen molar-refractivity contribution in [1.29, 1.82) is 0 Å². The average Bonchev–Trinajstić information content (AvgIpc) is 2.53. The van der Waals surface area contributed by atoms with Crippen molar-refractivity contribution in [3.8, 4) is 0 Å². The number of hydrogen-bond donors (Lipinski definition) is 1. The molecule has 0 saturated heterocycles. The van der Waals surface area contributed by atoms with Crippen molar-refractivity contribution >= 4 is 10.9 Å². The van der Waals surface area contributed by atoms with Gasteiger partial charge in [-0.15, -0.1) is 0 Å². The molecule has 1 N–H and O–H groups in total. The van der Waals surface area contributed by atoms with Gasteiger partial charge in [0, 0.05) is 17.1 Å². The Morgan fingerprint density at radius 3 is 2.48 bits per heavy atom. The number of fused-ring (bicyclic) bond motifs is 1. The van der Waals surface area contributed by atoms with Crippen molar-refractivity contribution < 1.29 is 5.11 Å². The Morgan fingerprint density at radius 1 is 0.952 bits per heavy atom. The van der Waals surface area contributed by atoms with Crippen molar-refractivity contribution in [2.45, 2.75) is 64.4 Å². The number of rotatable bonds is 9. The molecule has 1 heterocycles. The van der Waals surface area contributed by atoms with Crippen molar-refractivity contribution in [2.75, 3.05) is 0 Å². The molecule has 0 amide bonds. The fraction of sp³-hybridized carbons (Fsp3) is 0.526. The zero-order valence-corrected chi connectivity index (χ0v) is 13.1. The van der Waals surface area contributed by atoms with E-state index in [0.717, 1.165) is 29.3 Å². The van der Waals surface area contributed by atoms with Crippen molar-refractivity contribution in [1.82, 2.24) is 4.98 Å². The first kappa shape index (κ1) is 16.0. The van der Waals surface area contributed by atoms with E-state index < -0.39 is 0 Å². The molecule has 0 aliphatic heterocycles. The highest BCUT2D eigenvalue weighted by Crippen LogP contribution is 2.26. The molecule has 0 saturated carbocycles. The standard InChI is InChI=1S/C19H27NO/c1-2-3-4-5-6-7-8-14-18(21)17-13-9-11-16-12-10-15-20-19(16)17/h9-13,15,18,21H,2-8,14H2,1H3. The van der Waals surface area contributed by atoms with Crippen LogP contribution in [0.2, 0.25) is 0 Å². The molecule has 0 spiro atoms. The van der Waals surface area contributed by atoms with Crippen LogP contribution in [0.5, 0.6) is 0 Å². The van der Waals surface area contributed by atoms with Gasteiger partial charge in [-0.25, -0.2) is 0 Å². The lowest BCUT2D eigenvalue weighted by atomic mass is 9.99. The van der Waals surface area contributed by atoms with E-state index in [1.807, 2.05) is 30.3 Å². The number of benzene rings is 1. The fourth-order valence-electron chi connectivity index (χ4n) is 2.85. The molecule has 2 heteroatoms. The van der Waals surface area contributed by atoms with E-state index in [-0.39, 0.29) is 6.10 Å². The second-order valence-electron chi connectivity index (χ2n) is 5.85. The van der Waals surface area contributed by atoms with Crippen LogP contribution in [0.4, 0.5) is 0 Å². The van der Waals surface area contributed by atoms with E-state index >= 15 is 0 Å². The minimum atomic E-state index is -0.390. The fourth-order valence-corrected chi connectivity index (χ4v) is 2.85. The number of hydrogen-bond acceptors (Lipinski definition) is 2. The smallest absolute Gasteiger partial charge is 0.0811 e. The molecule has 114 valence electrons. The third-order valence-corrected chi connectivity index (χ3v) is 4.10. The predicted molar refractivity (Wildman–Crippen MR) is 89.3 cm³/mol. The topological polar surface area (TPSA) is 33.1 Å². The van der Waals surface area contributed by atoms with Crippen LogP contribution in [0.1, 0.15) is 70.0 Å². The van der Waals surface area contributed by atoms with Gasteiger partial charge in [0.15, 0.2) is 0 Å². The Labute approximate surface area is 128 Å². The normalized spacial score (nSPS) is 12.7. The van der Waals surface area contributed by atoms with Gasteiger partial charge in [-0.1, -0.05) is 76.1 Å². The van der Waals surface area contributed by atoms with Gasteiger partial charge in [-0.3, -0.25) is 4.98 Å². The summed E-state index contributed by atoms with van der Waals surface area (Å²) in [6.07, 6.45) is 11.2. The van der Waals surface area contributed by atoms with E-state index in [0.29, 0.717) is 0 Å². The van der Waals surface area contributed by atoms with E-state index in [9.17, 15) is 5.11 Å². The molecule has 1 unspecified atom stereocenters. The van der Waals surface area contributed by atoms with E-state index in [1.54, 1.807) is 6.20 Å². The molecule has 1 aromatic heterocycles.